The minimum Gasteiger partial charge on any atom is -0.395 e. The molecule has 0 aromatic carbocycles. The predicted molar refractivity (Wildman–Crippen MR) is 134 cm³/mol. The maximum atomic E-state index is 13.0. The van der Waals surface area contributed by atoms with Crippen molar-refractivity contribution in [2.45, 2.75) is 69.8 Å². The van der Waals surface area contributed by atoms with Crippen LogP contribution in [0.1, 0.15) is 39.5 Å². The molecule has 0 spiro atoms. The van der Waals surface area contributed by atoms with Gasteiger partial charge in [0.2, 0.25) is 29.5 Å². The van der Waals surface area contributed by atoms with Gasteiger partial charge >= 0.3 is 0 Å². The quantitative estimate of drug-likeness (QED) is 0.0669. The largest absolute Gasteiger partial charge is 0.395 e. The molecule has 11 N–H and O–H groups in total. The standard InChI is InChI=1S/C22H43N7O8/c1-4-5-8-25-18(34)7-6-15(26-9-14(11-30)24-3)21(36)29-19(13(2)32)22(37)28-16(12-31)20(35)27-10-17(23)33/h13-16,19,24,26,30-32H,4-12H2,1-3H3,(H2,23,33)(H,25,34)(H,27,35)(H,28,37)(H,29,36). The van der Waals surface area contributed by atoms with Crippen molar-refractivity contribution < 1.29 is 39.3 Å². The lowest BCUT2D eigenvalue weighted by Crippen LogP contribution is -2.60. The fraction of sp³-hybridized carbons (Fsp3) is 0.773. The topological polar surface area (TPSA) is 244 Å². The van der Waals surface area contributed by atoms with Crippen LogP contribution in [0.4, 0.5) is 0 Å². The zero-order valence-electron chi connectivity index (χ0n) is 21.7. The lowest BCUT2D eigenvalue weighted by molar-refractivity contribution is -0.135. The number of carbonyl (C=O) groups is 5. The molecule has 0 aliphatic heterocycles. The minimum atomic E-state index is -1.51. The molecule has 37 heavy (non-hydrogen) atoms. The Morgan fingerprint density at radius 2 is 1.59 bits per heavy atom. The van der Waals surface area contributed by atoms with Gasteiger partial charge in [-0.15, -0.1) is 0 Å². The molecule has 0 rings (SSSR count). The number of nitrogens with two attached hydrogens (primary N) is 1. The highest BCUT2D eigenvalue weighted by Crippen LogP contribution is 2.03. The SMILES string of the molecule is CCCCNC(=O)CCC(NCC(CO)NC)C(=O)NC(C(=O)NC(CO)C(=O)NCC(N)=O)C(C)O. The molecule has 0 heterocycles. The molecule has 5 unspecified atom stereocenters. The van der Waals surface area contributed by atoms with Crippen LogP contribution < -0.4 is 37.6 Å². The van der Waals surface area contributed by atoms with E-state index in [4.69, 9.17) is 5.73 Å². The van der Waals surface area contributed by atoms with Gasteiger partial charge in [0, 0.05) is 25.6 Å². The van der Waals surface area contributed by atoms with E-state index >= 15 is 0 Å². The van der Waals surface area contributed by atoms with Gasteiger partial charge in [-0.1, -0.05) is 13.3 Å². The van der Waals surface area contributed by atoms with E-state index in [1.54, 1.807) is 7.05 Å². The summed E-state index contributed by atoms with van der Waals surface area (Å²) in [6.07, 6.45) is 0.406. The van der Waals surface area contributed by atoms with E-state index in [0.29, 0.717) is 6.54 Å². The summed E-state index contributed by atoms with van der Waals surface area (Å²) < 4.78 is 0. The Hall–Kier alpha value is -2.85. The summed E-state index contributed by atoms with van der Waals surface area (Å²) in [5.74, 6) is -3.63. The number of likely N-dealkylation sites (N-methyl/N-ethyl adjacent to an activating group) is 1. The van der Waals surface area contributed by atoms with Crippen LogP contribution in [0.15, 0.2) is 0 Å². The van der Waals surface area contributed by atoms with Crippen LogP contribution in [0, 0.1) is 0 Å². The Balaban J connectivity index is 5.37. The first-order valence-electron chi connectivity index (χ1n) is 12.2. The first-order chi connectivity index (χ1) is 17.5. The Morgan fingerprint density at radius 3 is 2.11 bits per heavy atom. The number of amides is 5. The number of nitrogens with one attached hydrogen (secondary N) is 6. The third kappa shape index (κ3) is 14.5. The van der Waals surface area contributed by atoms with Gasteiger partial charge in [-0.3, -0.25) is 24.0 Å². The number of aliphatic hydroxyl groups excluding tert-OH is 3. The summed E-state index contributed by atoms with van der Waals surface area (Å²) in [4.78, 5) is 60.8. The number of aliphatic hydroxyl groups is 3. The van der Waals surface area contributed by atoms with Crippen LogP contribution in [0.5, 0.6) is 0 Å². The number of primary amides is 1. The molecule has 0 aliphatic rings. The van der Waals surface area contributed by atoms with Crippen molar-refractivity contribution >= 4 is 29.5 Å². The third-order valence-corrected chi connectivity index (χ3v) is 5.38. The second-order valence-electron chi connectivity index (χ2n) is 8.53. The van der Waals surface area contributed by atoms with Crippen LogP contribution >= 0.6 is 0 Å². The average molecular weight is 534 g/mol. The van der Waals surface area contributed by atoms with Crippen molar-refractivity contribution in [2.24, 2.45) is 5.73 Å². The summed E-state index contributed by atoms with van der Waals surface area (Å²) in [5.41, 5.74) is 4.96. The molecule has 0 bridgehead atoms. The Morgan fingerprint density at radius 1 is 0.919 bits per heavy atom. The molecule has 0 saturated carbocycles. The Bertz CT molecular complexity index is 734. The van der Waals surface area contributed by atoms with Crippen LogP contribution in [-0.2, 0) is 24.0 Å². The van der Waals surface area contributed by atoms with Crippen molar-refractivity contribution in [1.82, 2.24) is 31.9 Å². The van der Waals surface area contributed by atoms with Crippen LogP contribution in [0.2, 0.25) is 0 Å². The minimum absolute atomic E-state index is 0.0102. The molecular formula is C22H43N7O8. The summed E-state index contributed by atoms with van der Waals surface area (Å²) in [7, 11) is 1.63. The summed E-state index contributed by atoms with van der Waals surface area (Å²) in [6, 6.07) is -4.31. The monoisotopic (exact) mass is 533 g/mol. The van der Waals surface area contributed by atoms with Gasteiger partial charge in [0.25, 0.3) is 0 Å². The van der Waals surface area contributed by atoms with Crippen molar-refractivity contribution in [2.75, 3.05) is 39.9 Å². The Labute approximate surface area is 216 Å². The van der Waals surface area contributed by atoms with E-state index in [1.165, 1.54) is 6.92 Å². The van der Waals surface area contributed by atoms with E-state index in [-0.39, 0.29) is 37.9 Å². The second kappa shape index (κ2) is 19.3. The zero-order valence-corrected chi connectivity index (χ0v) is 21.7. The molecule has 15 nitrogen and oxygen atoms in total. The highest BCUT2D eigenvalue weighted by atomic mass is 16.3. The molecule has 5 amide bonds. The second-order valence-corrected chi connectivity index (χ2v) is 8.53. The molecule has 5 atom stereocenters. The molecule has 0 radical (unpaired) electrons. The van der Waals surface area contributed by atoms with Gasteiger partial charge in [-0.2, -0.15) is 0 Å². The smallest absolute Gasteiger partial charge is 0.245 e. The fourth-order valence-corrected chi connectivity index (χ4v) is 3.05. The number of rotatable bonds is 20. The van der Waals surface area contributed by atoms with Crippen LogP contribution in [0.25, 0.3) is 0 Å². The summed E-state index contributed by atoms with van der Waals surface area (Å²) in [5, 5.41) is 44.3. The summed E-state index contributed by atoms with van der Waals surface area (Å²) in [6.45, 7) is 2.37. The van der Waals surface area contributed by atoms with Crippen molar-refractivity contribution in [1.29, 1.82) is 0 Å². The third-order valence-electron chi connectivity index (χ3n) is 5.38. The van der Waals surface area contributed by atoms with Gasteiger partial charge < -0.3 is 53.0 Å². The maximum Gasteiger partial charge on any atom is 0.245 e. The highest BCUT2D eigenvalue weighted by Gasteiger charge is 2.32. The van der Waals surface area contributed by atoms with E-state index < -0.39 is 61.0 Å². The fourth-order valence-electron chi connectivity index (χ4n) is 3.05. The van der Waals surface area contributed by atoms with E-state index in [1.807, 2.05) is 6.92 Å². The zero-order chi connectivity index (χ0) is 28.4. The number of unbranched alkanes of at least 4 members (excludes halogenated alkanes) is 1. The number of hydrogen-bond donors (Lipinski definition) is 10. The normalized spacial score (nSPS) is 15.0. The first kappa shape index (κ1) is 34.1. The van der Waals surface area contributed by atoms with Crippen LogP contribution in [-0.4, -0.2) is 115 Å². The first-order valence-corrected chi connectivity index (χ1v) is 12.2. The van der Waals surface area contributed by atoms with E-state index in [2.05, 4.69) is 31.9 Å². The molecule has 0 aromatic rings. The molecule has 0 saturated heterocycles. The predicted octanol–water partition coefficient (Wildman–Crippen LogP) is -4.83. The molecule has 0 aromatic heterocycles. The Kier molecular flexibility index (Phi) is 17.8. The van der Waals surface area contributed by atoms with Gasteiger partial charge in [0.15, 0.2) is 0 Å². The molecule has 214 valence electrons. The highest BCUT2D eigenvalue weighted by molar-refractivity contribution is 5.94. The van der Waals surface area contributed by atoms with Crippen LogP contribution in [0.3, 0.4) is 0 Å². The summed E-state index contributed by atoms with van der Waals surface area (Å²) >= 11 is 0. The number of carbonyl (C=O) groups excluding carboxylic acids is 5. The lowest BCUT2D eigenvalue weighted by Gasteiger charge is -2.27. The van der Waals surface area contributed by atoms with Gasteiger partial charge in [-0.05, 0) is 26.8 Å². The lowest BCUT2D eigenvalue weighted by atomic mass is 10.1. The maximum absolute atomic E-state index is 13.0. The van der Waals surface area contributed by atoms with E-state index in [9.17, 15) is 39.3 Å². The molecule has 0 aliphatic carbocycles. The van der Waals surface area contributed by atoms with Gasteiger partial charge in [0.1, 0.15) is 12.1 Å². The average Bonchev–Trinajstić information content (AvgIpc) is 2.86. The van der Waals surface area contributed by atoms with Crippen molar-refractivity contribution in [3.8, 4) is 0 Å². The number of hydrogen-bond acceptors (Lipinski definition) is 10. The van der Waals surface area contributed by atoms with E-state index in [0.717, 1.165) is 12.8 Å². The molecule has 15 heteroatoms. The van der Waals surface area contributed by atoms with Gasteiger partial charge in [-0.25, -0.2) is 0 Å². The molecule has 0 fully saturated rings. The van der Waals surface area contributed by atoms with Gasteiger partial charge in [0.05, 0.1) is 31.9 Å². The molecular weight excluding hydrogens is 490 g/mol. The van der Waals surface area contributed by atoms with Crippen molar-refractivity contribution in [3.63, 3.8) is 0 Å². The van der Waals surface area contributed by atoms with Crippen molar-refractivity contribution in [3.05, 3.63) is 0 Å².